The third-order valence-electron chi connectivity index (χ3n) is 2.94. The van der Waals surface area contributed by atoms with E-state index < -0.39 is 30.3 Å². The first kappa shape index (κ1) is 19.6. The van der Waals surface area contributed by atoms with Gasteiger partial charge in [0.05, 0.1) is 5.69 Å². The van der Waals surface area contributed by atoms with E-state index in [0.29, 0.717) is 0 Å². The molecule has 0 unspecified atom stereocenters. The molecule has 0 heterocycles. The molecule has 1 aromatic carbocycles. The average molecular weight is 348 g/mol. The van der Waals surface area contributed by atoms with Crippen LogP contribution >= 0.6 is 0 Å². The van der Waals surface area contributed by atoms with Gasteiger partial charge in [0.25, 0.3) is 0 Å². The molecule has 0 aliphatic heterocycles. The summed E-state index contributed by atoms with van der Waals surface area (Å²) in [5, 5.41) is 13.6. The Morgan fingerprint density at radius 2 is 1.83 bits per heavy atom. The van der Waals surface area contributed by atoms with Crippen LogP contribution in [0.3, 0.4) is 0 Å². The number of carbonyl (C=O) groups excluding carboxylic acids is 1. The summed E-state index contributed by atoms with van der Waals surface area (Å²) in [7, 11) is 0. The number of carboxylic acids is 1. The summed E-state index contributed by atoms with van der Waals surface area (Å²) >= 11 is 0. The van der Waals surface area contributed by atoms with E-state index in [0.717, 1.165) is 0 Å². The van der Waals surface area contributed by atoms with Crippen molar-refractivity contribution in [2.24, 2.45) is 0 Å². The van der Waals surface area contributed by atoms with Crippen molar-refractivity contribution in [1.29, 1.82) is 0 Å². The maximum Gasteiger partial charge on any atom is 0.422 e. The van der Waals surface area contributed by atoms with Gasteiger partial charge in [-0.05, 0) is 32.4 Å². The number of alkyl halides is 3. The van der Waals surface area contributed by atoms with Crippen LogP contribution in [0.2, 0.25) is 0 Å². The average Bonchev–Trinajstić information content (AvgIpc) is 2.43. The molecule has 6 nitrogen and oxygen atoms in total. The molecule has 0 saturated carbocycles. The van der Waals surface area contributed by atoms with E-state index in [4.69, 9.17) is 5.11 Å². The minimum Gasteiger partial charge on any atom is -0.482 e. The smallest absolute Gasteiger partial charge is 0.422 e. The molecule has 9 heteroatoms. The third-order valence-corrected chi connectivity index (χ3v) is 2.94. The van der Waals surface area contributed by atoms with Crippen molar-refractivity contribution in [3.63, 3.8) is 0 Å². The number of urea groups is 1. The van der Waals surface area contributed by atoms with Gasteiger partial charge in [0, 0.05) is 12.0 Å². The van der Waals surface area contributed by atoms with Gasteiger partial charge in [0.2, 0.25) is 0 Å². The number of rotatable bonds is 7. The van der Waals surface area contributed by atoms with E-state index in [-0.39, 0.29) is 24.3 Å². The number of halogens is 3. The molecule has 0 radical (unpaired) electrons. The highest BCUT2D eigenvalue weighted by Crippen LogP contribution is 2.26. The van der Waals surface area contributed by atoms with Gasteiger partial charge in [-0.25, -0.2) is 4.79 Å². The molecule has 0 atom stereocenters. The van der Waals surface area contributed by atoms with Crippen molar-refractivity contribution in [2.75, 3.05) is 11.9 Å². The number of anilines is 1. The Morgan fingerprint density at radius 3 is 2.42 bits per heavy atom. The van der Waals surface area contributed by atoms with E-state index in [2.05, 4.69) is 15.4 Å². The van der Waals surface area contributed by atoms with Crippen molar-refractivity contribution in [2.45, 2.75) is 38.4 Å². The summed E-state index contributed by atoms with van der Waals surface area (Å²) in [4.78, 5) is 22.6. The van der Waals surface area contributed by atoms with Crippen LogP contribution < -0.4 is 15.4 Å². The number of nitrogens with one attached hydrogen (secondary N) is 2. The van der Waals surface area contributed by atoms with Crippen LogP contribution in [0.4, 0.5) is 23.7 Å². The molecule has 3 N–H and O–H groups in total. The molecule has 0 bridgehead atoms. The molecule has 134 valence electrons. The monoisotopic (exact) mass is 348 g/mol. The summed E-state index contributed by atoms with van der Waals surface area (Å²) in [6.07, 6.45) is -4.42. The van der Waals surface area contributed by atoms with Gasteiger partial charge in [-0.15, -0.1) is 0 Å². The van der Waals surface area contributed by atoms with Crippen LogP contribution in [0.5, 0.6) is 5.75 Å². The highest BCUT2D eigenvalue weighted by atomic mass is 19.4. The topological polar surface area (TPSA) is 87.7 Å². The molecule has 0 fully saturated rings. The second-order valence-corrected chi connectivity index (χ2v) is 5.76. The number of hydrogen-bond acceptors (Lipinski definition) is 3. The van der Waals surface area contributed by atoms with E-state index in [1.165, 1.54) is 24.3 Å². The first-order valence-corrected chi connectivity index (χ1v) is 7.08. The summed E-state index contributed by atoms with van der Waals surface area (Å²) in [5.41, 5.74) is -0.724. The number of para-hydroxylation sites is 2. The Kier molecular flexibility index (Phi) is 6.44. The molecule has 0 aromatic heterocycles. The van der Waals surface area contributed by atoms with Gasteiger partial charge in [-0.1, -0.05) is 12.1 Å². The molecule has 0 aliphatic carbocycles. The van der Waals surface area contributed by atoms with Crippen LogP contribution in [-0.2, 0) is 4.79 Å². The van der Waals surface area contributed by atoms with Gasteiger partial charge in [0.1, 0.15) is 5.75 Å². The van der Waals surface area contributed by atoms with Crippen molar-refractivity contribution in [1.82, 2.24) is 5.32 Å². The summed E-state index contributed by atoms with van der Waals surface area (Å²) < 4.78 is 41.4. The predicted molar refractivity (Wildman–Crippen MR) is 81.1 cm³/mol. The molecule has 1 rings (SSSR count). The van der Waals surface area contributed by atoms with E-state index in [1.54, 1.807) is 13.8 Å². The van der Waals surface area contributed by atoms with Gasteiger partial charge in [-0.3, -0.25) is 4.79 Å². The Morgan fingerprint density at radius 1 is 1.21 bits per heavy atom. The molecular formula is C15H19F3N2O4. The highest BCUT2D eigenvalue weighted by Gasteiger charge is 2.29. The lowest BCUT2D eigenvalue weighted by Gasteiger charge is -2.26. The van der Waals surface area contributed by atoms with E-state index in [9.17, 15) is 22.8 Å². The Balaban J connectivity index is 2.68. The molecule has 1 aromatic rings. The minimum atomic E-state index is -4.49. The number of ether oxygens (including phenoxy) is 1. The lowest BCUT2D eigenvalue weighted by Crippen LogP contribution is -2.45. The van der Waals surface area contributed by atoms with E-state index >= 15 is 0 Å². The number of carbonyl (C=O) groups is 2. The van der Waals surface area contributed by atoms with Crippen molar-refractivity contribution in [3.8, 4) is 5.75 Å². The lowest BCUT2D eigenvalue weighted by molar-refractivity contribution is -0.153. The van der Waals surface area contributed by atoms with Crippen LogP contribution in [0, 0.1) is 0 Å². The van der Waals surface area contributed by atoms with Crippen LogP contribution in [-0.4, -0.2) is 35.4 Å². The molecule has 0 spiro atoms. The standard InChI is InChI=1S/C15H19F3N2O4/c1-14(2,8-7-12(21)22)20-13(23)19-10-5-3-4-6-11(10)24-9-15(16,17)18/h3-6H,7-9H2,1-2H3,(H,21,22)(H2,19,20,23). The van der Waals surface area contributed by atoms with Gasteiger partial charge in [0.15, 0.2) is 6.61 Å². The van der Waals surface area contributed by atoms with Crippen LogP contribution in [0.15, 0.2) is 24.3 Å². The second-order valence-electron chi connectivity index (χ2n) is 5.76. The SMILES string of the molecule is CC(C)(CCC(=O)O)NC(=O)Nc1ccccc1OCC(F)(F)F. The number of hydrogen-bond donors (Lipinski definition) is 3. The molecule has 24 heavy (non-hydrogen) atoms. The molecule has 0 saturated heterocycles. The fourth-order valence-electron chi connectivity index (χ4n) is 1.80. The number of carboxylic acid groups (broad SMARTS) is 1. The molecule has 2 amide bonds. The maximum atomic E-state index is 12.2. The van der Waals surface area contributed by atoms with Crippen LogP contribution in [0.1, 0.15) is 26.7 Å². The van der Waals surface area contributed by atoms with Crippen molar-refractivity contribution in [3.05, 3.63) is 24.3 Å². The van der Waals surface area contributed by atoms with Crippen molar-refractivity contribution < 1.29 is 32.6 Å². The molecular weight excluding hydrogens is 329 g/mol. The quantitative estimate of drug-likeness (QED) is 0.705. The Bertz CT molecular complexity index is 588. The highest BCUT2D eigenvalue weighted by molar-refractivity contribution is 5.91. The zero-order valence-corrected chi connectivity index (χ0v) is 13.2. The lowest BCUT2D eigenvalue weighted by atomic mass is 9.99. The first-order chi connectivity index (χ1) is 11.0. The zero-order chi connectivity index (χ0) is 18.4. The van der Waals surface area contributed by atoms with Gasteiger partial charge >= 0.3 is 18.2 Å². The fraction of sp³-hybridized carbons (Fsp3) is 0.467. The van der Waals surface area contributed by atoms with Gasteiger partial charge in [-0.2, -0.15) is 13.2 Å². The largest absolute Gasteiger partial charge is 0.482 e. The second kappa shape index (κ2) is 7.89. The number of amides is 2. The number of benzene rings is 1. The van der Waals surface area contributed by atoms with Gasteiger partial charge < -0.3 is 20.5 Å². The molecule has 0 aliphatic rings. The normalized spacial score (nSPS) is 11.7. The van der Waals surface area contributed by atoms with Crippen LogP contribution in [0.25, 0.3) is 0 Å². The fourth-order valence-corrected chi connectivity index (χ4v) is 1.80. The summed E-state index contributed by atoms with van der Waals surface area (Å²) in [6, 6.07) is 5.04. The number of aliphatic carboxylic acids is 1. The minimum absolute atomic E-state index is 0.0771. The Labute approximate surface area is 137 Å². The van der Waals surface area contributed by atoms with Crippen molar-refractivity contribution >= 4 is 17.7 Å². The summed E-state index contributed by atoms with van der Waals surface area (Å²) in [6.45, 7) is 1.81. The first-order valence-electron chi connectivity index (χ1n) is 7.08. The predicted octanol–water partition coefficient (Wildman–Crippen LogP) is 3.39. The maximum absolute atomic E-state index is 12.2. The van der Waals surface area contributed by atoms with E-state index in [1.807, 2.05) is 0 Å². The zero-order valence-electron chi connectivity index (χ0n) is 13.2. The summed E-state index contributed by atoms with van der Waals surface area (Å²) in [5.74, 6) is -1.11. The third kappa shape index (κ3) is 7.70. The Hall–Kier alpha value is -2.45.